The first-order valence-electron chi connectivity index (χ1n) is 5.21. The molecule has 0 heterocycles. The summed E-state index contributed by atoms with van der Waals surface area (Å²) in [5.74, 6) is -2.42. The van der Waals surface area contributed by atoms with Crippen molar-refractivity contribution in [1.29, 1.82) is 0 Å². The SMILES string of the molecule is NC(=O)C(O)(CC(=O)O)C1CCCCC1. The molecule has 86 valence electrons. The summed E-state index contributed by atoms with van der Waals surface area (Å²) in [7, 11) is 0. The molecular formula is C10H17NO4. The monoisotopic (exact) mass is 215 g/mol. The largest absolute Gasteiger partial charge is 0.481 e. The van der Waals surface area contributed by atoms with E-state index in [1.165, 1.54) is 0 Å². The number of amides is 1. The number of hydrogen-bond acceptors (Lipinski definition) is 3. The van der Waals surface area contributed by atoms with Crippen LogP contribution in [0.2, 0.25) is 0 Å². The summed E-state index contributed by atoms with van der Waals surface area (Å²) in [5.41, 5.74) is 3.23. The van der Waals surface area contributed by atoms with E-state index in [2.05, 4.69) is 0 Å². The fraction of sp³-hybridized carbons (Fsp3) is 0.800. The van der Waals surface area contributed by atoms with E-state index in [0.29, 0.717) is 12.8 Å². The van der Waals surface area contributed by atoms with Crippen molar-refractivity contribution in [2.24, 2.45) is 11.7 Å². The number of aliphatic carboxylic acids is 1. The Hall–Kier alpha value is -1.10. The number of hydrogen-bond donors (Lipinski definition) is 3. The van der Waals surface area contributed by atoms with E-state index in [9.17, 15) is 14.7 Å². The normalized spacial score (nSPS) is 21.9. The van der Waals surface area contributed by atoms with Gasteiger partial charge in [-0.3, -0.25) is 9.59 Å². The lowest BCUT2D eigenvalue weighted by atomic mass is 9.75. The molecule has 1 rings (SSSR count). The second kappa shape index (κ2) is 4.61. The molecule has 1 unspecified atom stereocenters. The van der Waals surface area contributed by atoms with E-state index in [1.54, 1.807) is 0 Å². The first kappa shape index (κ1) is 12.0. The molecule has 1 amide bonds. The Morgan fingerprint density at radius 3 is 2.20 bits per heavy atom. The van der Waals surface area contributed by atoms with Crippen molar-refractivity contribution in [3.63, 3.8) is 0 Å². The Balaban J connectivity index is 2.78. The zero-order chi connectivity index (χ0) is 11.5. The lowest BCUT2D eigenvalue weighted by molar-refractivity contribution is -0.157. The Morgan fingerprint density at radius 2 is 1.80 bits per heavy atom. The van der Waals surface area contributed by atoms with Crippen LogP contribution >= 0.6 is 0 Å². The fourth-order valence-corrected chi connectivity index (χ4v) is 2.24. The third-order valence-electron chi connectivity index (χ3n) is 3.13. The molecule has 0 saturated heterocycles. The average molecular weight is 215 g/mol. The summed E-state index contributed by atoms with van der Waals surface area (Å²) >= 11 is 0. The van der Waals surface area contributed by atoms with Crippen LogP contribution in [-0.2, 0) is 9.59 Å². The maximum Gasteiger partial charge on any atom is 0.306 e. The van der Waals surface area contributed by atoms with Gasteiger partial charge in [0.2, 0.25) is 5.91 Å². The molecule has 0 bridgehead atoms. The molecular weight excluding hydrogens is 198 g/mol. The molecule has 1 aliphatic rings. The molecule has 0 spiro atoms. The highest BCUT2D eigenvalue weighted by molar-refractivity contribution is 5.88. The van der Waals surface area contributed by atoms with E-state index in [0.717, 1.165) is 19.3 Å². The van der Waals surface area contributed by atoms with Crippen LogP contribution in [-0.4, -0.2) is 27.7 Å². The predicted octanol–water partition coefficient (Wildman–Crippen LogP) is 0.258. The third kappa shape index (κ3) is 2.68. The van der Waals surface area contributed by atoms with E-state index in [1.807, 2.05) is 0 Å². The molecule has 0 aromatic rings. The lowest BCUT2D eigenvalue weighted by Gasteiger charge is -2.34. The molecule has 1 aliphatic carbocycles. The Labute approximate surface area is 88.3 Å². The van der Waals surface area contributed by atoms with Crippen molar-refractivity contribution in [3.8, 4) is 0 Å². The quantitative estimate of drug-likeness (QED) is 0.626. The van der Waals surface area contributed by atoms with Crippen molar-refractivity contribution in [3.05, 3.63) is 0 Å². The highest BCUT2D eigenvalue weighted by atomic mass is 16.4. The van der Waals surface area contributed by atoms with Gasteiger partial charge in [-0.15, -0.1) is 0 Å². The van der Waals surface area contributed by atoms with Gasteiger partial charge in [0.25, 0.3) is 0 Å². The summed E-state index contributed by atoms with van der Waals surface area (Å²) in [6.07, 6.45) is 3.66. The van der Waals surface area contributed by atoms with Gasteiger partial charge in [0.15, 0.2) is 5.60 Å². The van der Waals surface area contributed by atoms with E-state index in [-0.39, 0.29) is 5.92 Å². The molecule has 15 heavy (non-hydrogen) atoms. The molecule has 0 aliphatic heterocycles. The van der Waals surface area contributed by atoms with E-state index >= 15 is 0 Å². The number of nitrogens with two attached hydrogens (primary N) is 1. The van der Waals surface area contributed by atoms with Crippen molar-refractivity contribution < 1.29 is 19.8 Å². The third-order valence-corrected chi connectivity index (χ3v) is 3.13. The van der Waals surface area contributed by atoms with Gasteiger partial charge in [-0.2, -0.15) is 0 Å². The predicted molar refractivity (Wildman–Crippen MR) is 53.0 cm³/mol. The van der Waals surface area contributed by atoms with Crippen molar-refractivity contribution >= 4 is 11.9 Å². The van der Waals surface area contributed by atoms with Gasteiger partial charge in [-0.1, -0.05) is 19.3 Å². The summed E-state index contributed by atoms with van der Waals surface area (Å²) in [5, 5.41) is 18.7. The van der Waals surface area contributed by atoms with Crippen molar-refractivity contribution in [2.45, 2.75) is 44.1 Å². The summed E-state index contributed by atoms with van der Waals surface area (Å²) in [4.78, 5) is 21.8. The molecule has 5 heteroatoms. The van der Waals surface area contributed by atoms with Crippen LogP contribution in [0.3, 0.4) is 0 Å². The maximum atomic E-state index is 11.2. The Bertz CT molecular complexity index is 260. The first-order valence-corrected chi connectivity index (χ1v) is 5.21. The summed E-state index contributed by atoms with van der Waals surface area (Å²) in [6, 6.07) is 0. The summed E-state index contributed by atoms with van der Waals surface area (Å²) in [6.45, 7) is 0. The minimum Gasteiger partial charge on any atom is -0.481 e. The van der Waals surface area contributed by atoms with Crippen LogP contribution in [0.15, 0.2) is 0 Å². The fourth-order valence-electron chi connectivity index (χ4n) is 2.24. The Morgan fingerprint density at radius 1 is 1.27 bits per heavy atom. The van der Waals surface area contributed by atoms with Crippen molar-refractivity contribution in [1.82, 2.24) is 0 Å². The van der Waals surface area contributed by atoms with Crippen LogP contribution in [0.5, 0.6) is 0 Å². The van der Waals surface area contributed by atoms with Gasteiger partial charge in [0, 0.05) is 0 Å². The zero-order valence-electron chi connectivity index (χ0n) is 8.61. The smallest absolute Gasteiger partial charge is 0.306 e. The molecule has 1 fully saturated rings. The van der Waals surface area contributed by atoms with Gasteiger partial charge in [0.05, 0.1) is 6.42 Å². The van der Waals surface area contributed by atoms with Crippen LogP contribution in [0.25, 0.3) is 0 Å². The molecule has 1 saturated carbocycles. The minimum absolute atomic E-state index is 0.306. The van der Waals surface area contributed by atoms with Crippen molar-refractivity contribution in [2.75, 3.05) is 0 Å². The van der Waals surface area contributed by atoms with Crippen LogP contribution in [0, 0.1) is 5.92 Å². The molecule has 0 aromatic carbocycles. The minimum atomic E-state index is -1.87. The van der Waals surface area contributed by atoms with Gasteiger partial charge in [-0.25, -0.2) is 0 Å². The topological polar surface area (TPSA) is 101 Å². The second-order valence-electron chi connectivity index (χ2n) is 4.19. The highest BCUT2D eigenvalue weighted by Gasteiger charge is 2.44. The highest BCUT2D eigenvalue weighted by Crippen LogP contribution is 2.34. The van der Waals surface area contributed by atoms with Crippen LogP contribution in [0.4, 0.5) is 0 Å². The van der Waals surface area contributed by atoms with Gasteiger partial charge in [-0.05, 0) is 18.8 Å². The average Bonchev–Trinajstić information content (AvgIpc) is 2.17. The number of carbonyl (C=O) groups excluding carboxylic acids is 1. The van der Waals surface area contributed by atoms with Gasteiger partial charge >= 0.3 is 5.97 Å². The molecule has 4 N–H and O–H groups in total. The number of aliphatic hydroxyl groups is 1. The zero-order valence-corrected chi connectivity index (χ0v) is 8.61. The molecule has 0 radical (unpaired) electrons. The maximum absolute atomic E-state index is 11.2. The molecule has 5 nitrogen and oxygen atoms in total. The Kier molecular flexibility index (Phi) is 3.68. The van der Waals surface area contributed by atoms with Crippen LogP contribution in [0.1, 0.15) is 38.5 Å². The molecule has 1 atom stereocenters. The second-order valence-corrected chi connectivity index (χ2v) is 4.19. The number of rotatable bonds is 4. The van der Waals surface area contributed by atoms with Crippen LogP contribution < -0.4 is 5.73 Å². The summed E-state index contributed by atoms with van der Waals surface area (Å²) < 4.78 is 0. The number of carboxylic acid groups (broad SMARTS) is 1. The number of carboxylic acids is 1. The lowest BCUT2D eigenvalue weighted by Crippen LogP contribution is -2.52. The number of primary amides is 1. The molecule has 0 aromatic heterocycles. The van der Waals surface area contributed by atoms with E-state index < -0.39 is 23.9 Å². The van der Waals surface area contributed by atoms with Gasteiger partial charge in [0.1, 0.15) is 0 Å². The first-order chi connectivity index (χ1) is 6.97. The number of carbonyl (C=O) groups is 2. The standard InChI is InChI=1S/C10H17NO4/c11-9(14)10(15,6-8(12)13)7-4-2-1-3-5-7/h7,15H,1-6H2,(H2,11,14)(H,12,13). The van der Waals surface area contributed by atoms with E-state index in [4.69, 9.17) is 10.8 Å². The van der Waals surface area contributed by atoms with Gasteiger partial charge < -0.3 is 15.9 Å².